The lowest BCUT2D eigenvalue weighted by Gasteiger charge is -2.02. The van der Waals surface area contributed by atoms with Gasteiger partial charge in [-0.1, -0.05) is 13.0 Å². The molecule has 0 saturated carbocycles. The fraction of sp³-hybridized carbons (Fsp3) is 0.231. The average molecular weight is 295 g/mol. The summed E-state index contributed by atoms with van der Waals surface area (Å²) in [6.07, 6.45) is 1.03. The van der Waals surface area contributed by atoms with Crippen molar-refractivity contribution in [2.24, 2.45) is 0 Å². The van der Waals surface area contributed by atoms with E-state index in [1.165, 1.54) is 22.7 Å². The Morgan fingerprint density at radius 2 is 2.16 bits per heavy atom. The minimum absolute atomic E-state index is 0.168. The Labute approximate surface area is 118 Å². The molecule has 2 aromatic heterocycles. The number of hydrogen-bond acceptors (Lipinski definition) is 4. The van der Waals surface area contributed by atoms with Gasteiger partial charge in [-0.15, -0.1) is 22.7 Å². The molecule has 0 radical (unpaired) electrons. The number of carbonyl (C=O) groups excluding carboxylic acids is 1. The van der Waals surface area contributed by atoms with Crippen molar-refractivity contribution in [2.45, 2.75) is 19.8 Å². The summed E-state index contributed by atoms with van der Waals surface area (Å²) in [5, 5.41) is 14.1. The molecule has 2 N–H and O–H groups in total. The molecular formula is C13H13NO3S2. The van der Waals surface area contributed by atoms with E-state index in [2.05, 4.69) is 5.32 Å². The maximum Gasteiger partial charge on any atom is 0.338 e. The molecule has 0 aliphatic rings. The van der Waals surface area contributed by atoms with E-state index in [0.717, 1.165) is 16.2 Å². The molecule has 0 aromatic carbocycles. The molecule has 0 bridgehead atoms. The van der Waals surface area contributed by atoms with Crippen LogP contribution < -0.4 is 5.32 Å². The molecule has 100 valence electrons. The zero-order chi connectivity index (χ0) is 13.8. The van der Waals surface area contributed by atoms with Gasteiger partial charge in [-0.2, -0.15) is 0 Å². The Balaban J connectivity index is 2.11. The molecule has 0 unspecified atom stereocenters. The van der Waals surface area contributed by atoms with Gasteiger partial charge in [0.1, 0.15) is 5.00 Å². The Bertz CT molecular complexity index is 587. The molecule has 1 amide bonds. The summed E-state index contributed by atoms with van der Waals surface area (Å²) in [4.78, 5) is 24.9. The highest BCUT2D eigenvalue weighted by atomic mass is 32.1. The molecule has 0 fully saturated rings. The van der Waals surface area contributed by atoms with Gasteiger partial charge in [-0.05, 0) is 23.9 Å². The minimum atomic E-state index is -1.01. The van der Waals surface area contributed by atoms with Gasteiger partial charge in [0.05, 0.1) is 12.0 Å². The highest BCUT2D eigenvalue weighted by molar-refractivity contribution is 7.16. The monoisotopic (exact) mass is 295 g/mol. The first kappa shape index (κ1) is 13.8. The van der Waals surface area contributed by atoms with Crippen molar-refractivity contribution in [3.8, 4) is 0 Å². The molecule has 0 saturated heterocycles. The molecule has 19 heavy (non-hydrogen) atoms. The van der Waals surface area contributed by atoms with Crippen molar-refractivity contribution in [3.63, 3.8) is 0 Å². The SMILES string of the molecule is CCc1cc(C(=O)O)c(NC(=O)Cc2cccs2)s1. The Kier molecular flexibility index (Phi) is 4.34. The number of thiophene rings is 2. The molecular weight excluding hydrogens is 282 g/mol. The van der Waals surface area contributed by atoms with Crippen molar-refractivity contribution in [2.75, 3.05) is 5.32 Å². The number of rotatable bonds is 5. The van der Waals surface area contributed by atoms with E-state index in [0.29, 0.717) is 5.00 Å². The molecule has 0 aliphatic heterocycles. The molecule has 6 heteroatoms. The highest BCUT2D eigenvalue weighted by Crippen LogP contribution is 2.28. The first-order valence-electron chi connectivity index (χ1n) is 5.78. The molecule has 2 rings (SSSR count). The van der Waals surface area contributed by atoms with Crippen LogP contribution in [0.1, 0.15) is 27.0 Å². The number of carboxylic acids is 1. The lowest BCUT2D eigenvalue weighted by molar-refractivity contribution is -0.115. The standard InChI is InChI=1S/C13H13NO3S2/c1-2-8-6-10(13(16)17)12(19-8)14-11(15)7-9-4-3-5-18-9/h3-6H,2,7H2,1H3,(H,14,15)(H,16,17). The Morgan fingerprint density at radius 3 is 2.74 bits per heavy atom. The van der Waals surface area contributed by atoms with Crippen LogP contribution in [0.15, 0.2) is 23.6 Å². The van der Waals surface area contributed by atoms with Crippen molar-refractivity contribution in [1.29, 1.82) is 0 Å². The first-order chi connectivity index (χ1) is 9.10. The molecule has 2 aromatic rings. The smallest absolute Gasteiger partial charge is 0.338 e. The molecule has 4 nitrogen and oxygen atoms in total. The summed E-state index contributed by atoms with van der Waals surface area (Å²) in [5.74, 6) is -1.20. The predicted octanol–water partition coefficient (Wildman–Crippen LogP) is 3.25. The highest BCUT2D eigenvalue weighted by Gasteiger charge is 2.16. The number of aromatic carboxylic acids is 1. The Hall–Kier alpha value is -1.66. The van der Waals surface area contributed by atoms with Gasteiger partial charge in [0, 0.05) is 9.75 Å². The predicted molar refractivity (Wildman–Crippen MR) is 77.3 cm³/mol. The van der Waals surface area contributed by atoms with E-state index in [-0.39, 0.29) is 17.9 Å². The zero-order valence-corrected chi connectivity index (χ0v) is 11.9. The summed E-state index contributed by atoms with van der Waals surface area (Å²) in [7, 11) is 0. The van der Waals surface area contributed by atoms with Crippen LogP contribution in [0.5, 0.6) is 0 Å². The van der Waals surface area contributed by atoms with Crippen molar-refractivity contribution in [1.82, 2.24) is 0 Å². The van der Waals surface area contributed by atoms with Crippen LogP contribution >= 0.6 is 22.7 Å². The van der Waals surface area contributed by atoms with Crippen LogP contribution in [0.3, 0.4) is 0 Å². The van der Waals surface area contributed by atoms with Crippen LogP contribution in [0.4, 0.5) is 5.00 Å². The van der Waals surface area contributed by atoms with Gasteiger partial charge in [0.25, 0.3) is 0 Å². The third-order valence-electron chi connectivity index (χ3n) is 2.53. The van der Waals surface area contributed by atoms with E-state index >= 15 is 0 Å². The lowest BCUT2D eigenvalue weighted by Crippen LogP contribution is -2.14. The number of anilines is 1. The molecule has 2 heterocycles. The van der Waals surface area contributed by atoms with Crippen molar-refractivity contribution < 1.29 is 14.7 Å². The van der Waals surface area contributed by atoms with Crippen molar-refractivity contribution in [3.05, 3.63) is 38.9 Å². The van der Waals surface area contributed by atoms with Gasteiger partial charge in [0.15, 0.2) is 0 Å². The summed E-state index contributed by atoms with van der Waals surface area (Å²) < 4.78 is 0. The van der Waals surface area contributed by atoms with Crippen LogP contribution in [-0.4, -0.2) is 17.0 Å². The van der Waals surface area contributed by atoms with E-state index < -0.39 is 5.97 Å². The van der Waals surface area contributed by atoms with Gasteiger partial charge >= 0.3 is 5.97 Å². The summed E-state index contributed by atoms with van der Waals surface area (Å²) in [5.41, 5.74) is 0.168. The third kappa shape index (κ3) is 3.42. The molecule has 0 spiro atoms. The number of nitrogens with one attached hydrogen (secondary N) is 1. The number of aryl methyl sites for hydroxylation is 1. The lowest BCUT2D eigenvalue weighted by atomic mass is 10.2. The number of carboxylic acid groups (broad SMARTS) is 1. The normalized spacial score (nSPS) is 10.4. The zero-order valence-electron chi connectivity index (χ0n) is 10.3. The summed E-state index contributed by atoms with van der Waals surface area (Å²) in [6, 6.07) is 5.39. The second-order valence-corrected chi connectivity index (χ2v) is 6.09. The molecule has 0 atom stereocenters. The minimum Gasteiger partial charge on any atom is -0.478 e. The van der Waals surface area contributed by atoms with E-state index in [9.17, 15) is 9.59 Å². The van der Waals surface area contributed by atoms with Crippen molar-refractivity contribution >= 4 is 39.6 Å². The van der Waals surface area contributed by atoms with E-state index in [4.69, 9.17) is 5.11 Å². The number of amides is 1. The van der Waals surface area contributed by atoms with Gasteiger partial charge in [0.2, 0.25) is 5.91 Å². The van der Waals surface area contributed by atoms with E-state index in [1.807, 2.05) is 24.4 Å². The fourth-order valence-corrected chi connectivity index (χ4v) is 3.32. The second-order valence-electron chi connectivity index (χ2n) is 3.92. The molecule has 0 aliphatic carbocycles. The van der Waals surface area contributed by atoms with E-state index in [1.54, 1.807) is 6.07 Å². The first-order valence-corrected chi connectivity index (χ1v) is 7.48. The average Bonchev–Trinajstić information content (AvgIpc) is 2.98. The second kappa shape index (κ2) is 5.99. The topological polar surface area (TPSA) is 66.4 Å². The largest absolute Gasteiger partial charge is 0.478 e. The fourth-order valence-electron chi connectivity index (χ4n) is 1.61. The maximum absolute atomic E-state index is 11.9. The quantitative estimate of drug-likeness (QED) is 0.889. The van der Waals surface area contributed by atoms with Crippen LogP contribution in [-0.2, 0) is 17.6 Å². The summed E-state index contributed by atoms with van der Waals surface area (Å²) in [6.45, 7) is 1.95. The van der Waals surface area contributed by atoms with Crippen LogP contribution in [0.25, 0.3) is 0 Å². The number of carbonyl (C=O) groups is 2. The third-order valence-corrected chi connectivity index (χ3v) is 4.60. The van der Waals surface area contributed by atoms with Crippen LogP contribution in [0.2, 0.25) is 0 Å². The number of hydrogen-bond donors (Lipinski definition) is 2. The maximum atomic E-state index is 11.9. The van der Waals surface area contributed by atoms with Crippen LogP contribution in [0, 0.1) is 0 Å². The van der Waals surface area contributed by atoms with Gasteiger partial charge in [-0.3, -0.25) is 4.79 Å². The summed E-state index contributed by atoms with van der Waals surface area (Å²) >= 11 is 2.83. The van der Waals surface area contributed by atoms with Gasteiger partial charge in [-0.25, -0.2) is 4.79 Å². The Morgan fingerprint density at radius 1 is 1.37 bits per heavy atom. The van der Waals surface area contributed by atoms with Gasteiger partial charge < -0.3 is 10.4 Å².